The quantitative estimate of drug-likeness (QED) is 0.402. The lowest BCUT2D eigenvalue weighted by molar-refractivity contribution is -0.383. The van der Waals surface area contributed by atoms with Crippen LogP contribution in [0.4, 0.5) is 28.8 Å². The summed E-state index contributed by atoms with van der Waals surface area (Å²) in [5, 5.41) is 22.1. The summed E-state index contributed by atoms with van der Waals surface area (Å²) in [6.07, 6.45) is 2.91. The van der Waals surface area contributed by atoms with Gasteiger partial charge in [0.15, 0.2) is 5.82 Å². The van der Waals surface area contributed by atoms with E-state index in [1.54, 1.807) is 31.3 Å². The summed E-state index contributed by atoms with van der Waals surface area (Å²) in [7, 11) is 0. The summed E-state index contributed by atoms with van der Waals surface area (Å²) in [5.41, 5.74) is 1.10. The number of hydrogen-bond donors (Lipinski definition) is 2. The van der Waals surface area contributed by atoms with Gasteiger partial charge in [-0.1, -0.05) is 11.2 Å². The average molecular weight is 363 g/mol. The molecule has 0 atom stereocenters. The molecular weight excluding hydrogens is 350 g/mol. The summed E-state index contributed by atoms with van der Waals surface area (Å²) in [5.74, 6) is 0.934. The molecular formula is C17H13N7O3. The van der Waals surface area contributed by atoms with Crippen LogP contribution in [0.3, 0.4) is 0 Å². The minimum Gasteiger partial charge on any atom is -0.360 e. The molecule has 1 aromatic carbocycles. The van der Waals surface area contributed by atoms with Crippen LogP contribution < -0.4 is 10.6 Å². The number of pyridine rings is 1. The molecule has 2 N–H and O–H groups in total. The third-order valence-corrected chi connectivity index (χ3v) is 3.78. The Kier molecular flexibility index (Phi) is 4.05. The molecule has 0 saturated carbocycles. The molecule has 0 aliphatic rings. The summed E-state index contributed by atoms with van der Waals surface area (Å²) in [6.45, 7) is 1.72. The van der Waals surface area contributed by atoms with E-state index in [0.29, 0.717) is 17.3 Å². The zero-order valence-electron chi connectivity index (χ0n) is 14.1. The van der Waals surface area contributed by atoms with Crippen molar-refractivity contribution in [1.29, 1.82) is 0 Å². The number of nitrogens with zero attached hydrogens (tertiary/aromatic N) is 5. The van der Waals surface area contributed by atoms with E-state index >= 15 is 0 Å². The molecule has 0 aliphatic carbocycles. The molecule has 4 aromatic rings. The maximum Gasteiger partial charge on any atom is 0.353 e. The van der Waals surface area contributed by atoms with Crippen molar-refractivity contribution < 1.29 is 9.45 Å². The highest BCUT2D eigenvalue weighted by molar-refractivity contribution is 5.93. The van der Waals surface area contributed by atoms with Crippen LogP contribution in [0, 0.1) is 17.0 Å². The first-order valence-corrected chi connectivity index (χ1v) is 7.92. The molecule has 27 heavy (non-hydrogen) atoms. The number of hydrogen-bond acceptors (Lipinski definition) is 9. The van der Waals surface area contributed by atoms with Crippen molar-refractivity contribution in [3.05, 3.63) is 64.8 Å². The van der Waals surface area contributed by atoms with Gasteiger partial charge >= 0.3 is 5.69 Å². The van der Waals surface area contributed by atoms with E-state index in [9.17, 15) is 10.1 Å². The number of benzene rings is 1. The van der Waals surface area contributed by atoms with Gasteiger partial charge in [0.05, 0.1) is 10.4 Å². The summed E-state index contributed by atoms with van der Waals surface area (Å²) < 4.78 is 4.96. The molecule has 0 aliphatic heterocycles. The van der Waals surface area contributed by atoms with Crippen LogP contribution in [-0.4, -0.2) is 25.0 Å². The van der Waals surface area contributed by atoms with Crippen molar-refractivity contribution in [3.8, 4) is 0 Å². The summed E-state index contributed by atoms with van der Waals surface area (Å²) in [4.78, 5) is 23.4. The Morgan fingerprint density at radius 3 is 2.63 bits per heavy atom. The maximum absolute atomic E-state index is 11.7. The van der Waals surface area contributed by atoms with E-state index in [0.717, 1.165) is 10.9 Å². The lowest BCUT2D eigenvalue weighted by Crippen LogP contribution is -2.05. The Bertz CT molecular complexity index is 1140. The zero-order valence-corrected chi connectivity index (χ0v) is 14.1. The first kappa shape index (κ1) is 16.4. The van der Waals surface area contributed by atoms with Crippen LogP contribution in [0.2, 0.25) is 0 Å². The first-order valence-electron chi connectivity index (χ1n) is 7.92. The molecule has 0 bridgehead atoms. The number of aryl methyl sites for hydroxylation is 1. The molecule has 0 fully saturated rings. The number of fused-ring (bicyclic) bond motifs is 1. The second-order valence-electron chi connectivity index (χ2n) is 5.63. The molecule has 3 heterocycles. The van der Waals surface area contributed by atoms with Gasteiger partial charge in [0, 0.05) is 23.3 Å². The van der Waals surface area contributed by atoms with Crippen LogP contribution in [0.5, 0.6) is 0 Å². The van der Waals surface area contributed by atoms with Crippen molar-refractivity contribution in [2.24, 2.45) is 0 Å². The first-order chi connectivity index (χ1) is 13.1. The van der Waals surface area contributed by atoms with Gasteiger partial charge in [-0.3, -0.25) is 15.1 Å². The third-order valence-electron chi connectivity index (χ3n) is 3.78. The predicted octanol–water partition coefficient (Wildman–Crippen LogP) is 3.72. The predicted molar refractivity (Wildman–Crippen MR) is 98.2 cm³/mol. The standard InChI is InChI=1S/C17H13N7O3/c1-10-8-14(23-27-10)22-17-15(24(25)26)16(19-9-20-17)21-13-6-2-5-12-11(13)4-3-7-18-12/h2-9H,1H3,(H2,19,20,21,22,23). The van der Waals surface area contributed by atoms with Crippen molar-refractivity contribution in [3.63, 3.8) is 0 Å². The van der Waals surface area contributed by atoms with Crippen molar-refractivity contribution in [1.82, 2.24) is 20.1 Å². The molecule has 0 unspecified atom stereocenters. The van der Waals surface area contributed by atoms with E-state index in [1.807, 2.05) is 18.2 Å². The highest BCUT2D eigenvalue weighted by Crippen LogP contribution is 2.34. The third kappa shape index (κ3) is 3.23. The van der Waals surface area contributed by atoms with Crippen molar-refractivity contribution >= 4 is 39.7 Å². The average Bonchev–Trinajstić information content (AvgIpc) is 3.07. The van der Waals surface area contributed by atoms with E-state index in [-0.39, 0.29) is 17.3 Å². The van der Waals surface area contributed by atoms with E-state index in [2.05, 4.69) is 30.7 Å². The Morgan fingerprint density at radius 1 is 1.07 bits per heavy atom. The van der Waals surface area contributed by atoms with E-state index in [1.165, 1.54) is 6.33 Å². The minimum absolute atomic E-state index is 0.00385. The lowest BCUT2D eigenvalue weighted by Gasteiger charge is -2.10. The van der Waals surface area contributed by atoms with Crippen molar-refractivity contribution in [2.45, 2.75) is 6.92 Å². The number of rotatable bonds is 5. The second-order valence-corrected chi connectivity index (χ2v) is 5.63. The molecule has 0 radical (unpaired) electrons. The topological polar surface area (TPSA) is 132 Å². The van der Waals surface area contributed by atoms with E-state index < -0.39 is 4.92 Å². The Balaban J connectivity index is 1.76. The van der Waals surface area contributed by atoms with Crippen LogP contribution in [0.1, 0.15) is 5.76 Å². The van der Waals surface area contributed by atoms with Crippen LogP contribution in [0.25, 0.3) is 10.9 Å². The van der Waals surface area contributed by atoms with Crippen molar-refractivity contribution in [2.75, 3.05) is 10.6 Å². The largest absolute Gasteiger partial charge is 0.360 e. The van der Waals surface area contributed by atoms with Gasteiger partial charge in [-0.15, -0.1) is 0 Å². The van der Waals surface area contributed by atoms with E-state index in [4.69, 9.17) is 4.52 Å². The zero-order chi connectivity index (χ0) is 18.8. The number of nitrogens with one attached hydrogen (secondary N) is 2. The van der Waals surface area contributed by atoms with Crippen LogP contribution in [0.15, 0.2) is 53.4 Å². The highest BCUT2D eigenvalue weighted by Gasteiger charge is 2.24. The maximum atomic E-state index is 11.7. The van der Waals surface area contributed by atoms with Gasteiger partial charge in [0.1, 0.15) is 12.1 Å². The summed E-state index contributed by atoms with van der Waals surface area (Å²) >= 11 is 0. The van der Waals surface area contributed by atoms with Gasteiger partial charge in [0.2, 0.25) is 11.6 Å². The fraction of sp³-hybridized carbons (Fsp3) is 0.0588. The fourth-order valence-corrected chi connectivity index (χ4v) is 2.62. The molecule has 0 amide bonds. The smallest absolute Gasteiger partial charge is 0.353 e. The lowest BCUT2D eigenvalue weighted by atomic mass is 10.2. The second kappa shape index (κ2) is 6.67. The molecule has 3 aromatic heterocycles. The SMILES string of the molecule is Cc1cc(Nc2ncnc(Nc3cccc4ncccc34)c2[N+](=O)[O-])no1. The molecule has 0 saturated heterocycles. The van der Waals surface area contributed by atoms with Gasteiger partial charge in [-0.25, -0.2) is 9.97 Å². The fourth-order valence-electron chi connectivity index (χ4n) is 2.62. The van der Waals surface area contributed by atoms with Crippen LogP contribution in [-0.2, 0) is 0 Å². The van der Waals surface area contributed by atoms with Gasteiger partial charge in [-0.05, 0) is 31.2 Å². The highest BCUT2D eigenvalue weighted by atomic mass is 16.6. The Morgan fingerprint density at radius 2 is 1.89 bits per heavy atom. The number of nitro groups is 1. The molecule has 10 nitrogen and oxygen atoms in total. The normalized spacial score (nSPS) is 10.7. The molecule has 10 heteroatoms. The number of anilines is 4. The van der Waals surface area contributed by atoms with Gasteiger partial charge < -0.3 is 15.2 Å². The summed E-state index contributed by atoms with van der Waals surface area (Å²) in [6, 6.07) is 10.7. The number of aromatic nitrogens is 4. The Hall–Kier alpha value is -4.08. The van der Waals surface area contributed by atoms with Crippen LogP contribution >= 0.6 is 0 Å². The Labute approximate surface area is 152 Å². The van der Waals surface area contributed by atoms with Gasteiger partial charge in [0.25, 0.3) is 0 Å². The van der Waals surface area contributed by atoms with Gasteiger partial charge in [-0.2, -0.15) is 0 Å². The molecule has 134 valence electrons. The molecule has 0 spiro atoms. The minimum atomic E-state index is -0.555. The monoisotopic (exact) mass is 363 g/mol. The molecule has 4 rings (SSSR count).